The number of ether oxygens (including phenoxy) is 1. The molecule has 1 rings (SSSR count). The predicted molar refractivity (Wildman–Crippen MR) is 76.3 cm³/mol. The summed E-state index contributed by atoms with van der Waals surface area (Å²) in [6.45, 7) is 4.10. The minimum atomic E-state index is 0.562. The molecule has 0 aliphatic heterocycles. The summed E-state index contributed by atoms with van der Waals surface area (Å²) in [5.41, 5.74) is 1.38. The number of benzene rings is 1. The van der Waals surface area contributed by atoms with Gasteiger partial charge in [-0.05, 0) is 49.5 Å². The third-order valence-corrected chi connectivity index (χ3v) is 3.58. The Hall–Kier alpha value is -0.380. The summed E-state index contributed by atoms with van der Waals surface area (Å²) in [5.74, 6) is 1.17. The molecule has 0 spiro atoms. The van der Waals surface area contributed by atoms with Crippen molar-refractivity contribution in [3.8, 4) is 0 Å². The monoisotopic (exact) mass is 299 g/mol. The predicted octanol–water partition coefficient (Wildman–Crippen LogP) is 3.11. The Morgan fingerprint density at radius 2 is 2.18 bits per heavy atom. The van der Waals surface area contributed by atoms with E-state index in [0.717, 1.165) is 24.0 Å². The lowest BCUT2D eigenvalue weighted by molar-refractivity contribution is 0.129. The first-order chi connectivity index (χ1) is 8.17. The van der Waals surface area contributed by atoms with Gasteiger partial charge in [-0.15, -0.1) is 0 Å². The van der Waals surface area contributed by atoms with Gasteiger partial charge in [0.15, 0.2) is 0 Å². The van der Waals surface area contributed by atoms with Crippen LogP contribution in [0.1, 0.15) is 12.5 Å². The van der Waals surface area contributed by atoms with Crippen LogP contribution in [0.2, 0.25) is 0 Å². The van der Waals surface area contributed by atoms with Crippen LogP contribution in [-0.4, -0.2) is 27.3 Å². The van der Waals surface area contributed by atoms with Gasteiger partial charge in [0.05, 0.1) is 0 Å². The Morgan fingerprint density at radius 1 is 1.41 bits per heavy atom. The van der Waals surface area contributed by atoms with Crippen LogP contribution in [0.4, 0.5) is 0 Å². The van der Waals surface area contributed by atoms with Gasteiger partial charge in [0.1, 0.15) is 0 Å². The van der Waals surface area contributed by atoms with Crippen LogP contribution in [0.5, 0.6) is 0 Å². The fourth-order valence-electron chi connectivity index (χ4n) is 2.10. The molecule has 0 amide bonds. The molecule has 0 aromatic heterocycles. The topological polar surface area (TPSA) is 21.3 Å². The van der Waals surface area contributed by atoms with Crippen molar-refractivity contribution in [2.24, 2.45) is 11.8 Å². The molecule has 0 saturated carbocycles. The molecule has 0 fully saturated rings. The minimum Gasteiger partial charge on any atom is -0.384 e. The van der Waals surface area contributed by atoms with E-state index in [1.54, 1.807) is 7.11 Å². The summed E-state index contributed by atoms with van der Waals surface area (Å²) in [7, 11) is 3.78. The fourth-order valence-corrected chi connectivity index (χ4v) is 2.55. The van der Waals surface area contributed by atoms with Crippen molar-refractivity contribution in [1.82, 2.24) is 5.32 Å². The van der Waals surface area contributed by atoms with Crippen LogP contribution in [-0.2, 0) is 11.2 Å². The van der Waals surface area contributed by atoms with Gasteiger partial charge in [0.2, 0.25) is 0 Å². The highest BCUT2D eigenvalue weighted by molar-refractivity contribution is 9.10. The van der Waals surface area contributed by atoms with Crippen LogP contribution in [0.25, 0.3) is 0 Å². The number of hydrogen-bond donors (Lipinski definition) is 1. The van der Waals surface area contributed by atoms with Crippen molar-refractivity contribution < 1.29 is 4.74 Å². The highest BCUT2D eigenvalue weighted by Gasteiger charge is 2.17. The van der Waals surface area contributed by atoms with E-state index in [1.807, 2.05) is 7.05 Å². The van der Waals surface area contributed by atoms with Crippen LogP contribution in [0.15, 0.2) is 28.7 Å². The van der Waals surface area contributed by atoms with E-state index >= 15 is 0 Å². The maximum Gasteiger partial charge on any atom is 0.0491 e. The Bertz CT molecular complexity index is 330. The first-order valence-electron chi connectivity index (χ1n) is 6.05. The maximum atomic E-state index is 5.26. The molecule has 17 heavy (non-hydrogen) atoms. The number of methoxy groups -OCH3 is 1. The summed E-state index contributed by atoms with van der Waals surface area (Å²) in [4.78, 5) is 0. The van der Waals surface area contributed by atoms with Gasteiger partial charge >= 0.3 is 0 Å². The van der Waals surface area contributed by atoms with Gasteiger partial charge in [-0.3, -0.25) is 0 Å². The van der Waals surface area contributed by atoms with Gasteiger partial charge in [-0.25, -0.2) is 0 Å². The average Bonchev–Trinajstić information content (AvgIpc) is 2.29. The number of rotatable bonds is 7. The lowest BCUT2D eigenvalue weighted by Crippen LogP contribution is -2.28. The normalized spacial score (nSPS) is 14.6. The SMILES string of the molecule is CNCC(Cc1cccc(Br)c1)C(C)COC. The van der Waals surface area contributed by atoms with E-state index in [0.29, 0.717) is 11.8 Å². The molecule has 2 unspecified atom stereocenters. The summed E-state index contributed by atoms with van der Waals surface area (Å²) >= 11 is 3.52. The zero-order valence-electron chi connectivity index (χ0n) is 10.9. The quantitative estimate of drug-likeness (QED) is 0.835. The molecule has 2 nitrogen and oxygen atoms in total. The summed E-state index contributed by atoms with van der Waals surface area (Å²) in [6.07, 6.45) is 1.09. The Balaban J connectivity index is 2.65. The van der Waals surface area contributed by atoms with Crippen LogP contribution in [0.3, 0.4) is 0 Å². The largest absolute Gasteiger partial charge is 0.384 e. The lowest BCUT2D eigenvalue weighted by Gasteiger charge is -2.23. The molecular formula is C14H22BrNO. The van der Waals surface area contributed by atoms with Crippen LogP contribution < -0.4 is 5.32 Å². The first-order valence-corrected chi connectivity index (χ1v) is 6.84. The average molecular weight is 300 g/mol. The van der Waals surface area contributed by atoms with Crippen molar-refractivity contribution >= 4 is 15.9 Å². The van der Waals surface area contributed by atoms with Crippen molar-refractivity contribution in [1.29, 1.82) is 0 Å². The van der Waals surface area contributed by atoms with Crippen LogP contribution in [0, 0.1) is 11.8 Å². The van der Waals surface area contributed by atoms with Crippen molar-refractivity contribution in [2.45, 2.75) is 13.3 Å². The van der Waals surface area contributed by atoms with Gasteiger partial charge in [-0.2, -0.15) is 0 Å². The Labute approximate surface area is 113 Å². The number of halogens is 1. The number of nitrogens with one attached hydrogen (secondary N) is 1. The molecule has 0 radical (unpaired) electrons. The second-order valence-electron chi connectivity index (χ2n) is 4.58. The summed E-state index contributed by atoms with van der Waals surface area (Å²) < 4.78 is 6.41. The van der Waals surface area contributed by atoms with E-state index in [2.05, 4.69) is 52.4 Å². The molecule has 3 heteroatoms. The zero-order valence-corrected chi connectivity index (χ0v) is 12.5. The third kappa shape index (κ3) is 5.19. The van der Waals surface area contributed by atoms with E-state index in [-0.39, 0.29) is 0 Å². The van der Waals surface area contributed by atoms with Gasteiger partial charge in [0.25, 0.3) is 0 Å². The molecule has 0 aliphatic carbocycles. The van der Waals surface area contributed by atoms with E-state index in [1.165, 1.54) is 5.56 Å². The standard InChI is InChI=1S/C14H22BrNO/c1-11(10-17-3)13(9-16-2)7-12-5-4-6-14(15)8-12/h4-6,8,11,13,16H,7,9-10H2,1-3H3. The Morgan fingerprint density at radius 3 is 2.76 bits per heavy atom. The first kappa shape index (κ1) is 14.7. The molecule has 1 aromatic rings. The molecule has 1 N–H and O–H groups in total. The van der Waals surface area contributed by atoms with E-state index < -0.39 is 0 Å². The minimum absolute atomic E-state index is 0.562. The smallest absolute Gasteiger partial charge is 0.0491 e. The number of hydrogen-bond acceptors (Lipinski definition) is 2. The lowest BCUT2D eigenvalue weighted by atomic mass is 9.88. The molecule has 1 aromatic carbocycles. The van der Waals surface area contributed by atoms with Crippen LogP contribution >= 0.6 is 15.9 Å². The van der Waals surface area contributed by atoms with E-state index in [4.69, 9.17) is 4.74 Å². The van der Waals surface area contributed by atoms with Crippen molar-refractivity contribution in [3.63, 3.8) is 0 Å². The van der Waals surface area contributed by atoms with E-state index in [9.17, 15) is 0 Å². The highest BCUT2D eigenvalue weighted by Crippen LogP contribution is 2.20. The summed E-state index contributed by atoms with van der Waals surface area (Å²) in [6, 6.07) is 8.54. The third-order valence-electron chi connectivity index (χ3n) is 3.09. The summed E-state index contributed by atoms with van der Waals surface area (Å²) in [5, 5.41) is 3.27. The fraction of sp³-hybridized carbons (Fsp3) is 0.571. The Kier molecular flexibility index (Phi) is 6.78. The van der Waals surface area contributed by atoms with Crippen molar-refractivity contribution in [2.75, 3.05) is 27.3 Å². The highest BCUT2D eigenvalue weighted by atomic mass is 79.9. The second-order valence-corrected chi connectivity index (χ2v) is 5.50. The van der Waals surface area contributed by atoms with Gasteiger partial charge in [0, 0.05) is 18.2 Å². The molecule has 0 aliphatic rings. The van der Waals surface area contributed by atoms with Crippen molar-refractivity contribution in [3.05, 3.63) is 34.3 Å². The second kappa shape index (κ2) is 7.85. The molecule has 0 heterocycles. The molecular weight excluding hydrogens is 278 g/mol. The maximum absolute atomic E-state index is 5.26. The molecule has 0 bridgehead atoms. The van der Waals surface area contributed by atoms with Gasteiger partial charge < -0.3 is 10.1 Å². The zero-order chi connectivity index (χ0) is 12.7. The van der Waals surface area contributed by atoms with Gasteiger partial charge in [-0.1, -0.05) is 35.0 Å². The molecule has 0 saturated heterocycles. The molecule has 96 valence electrons. The molecule has 2 atom stereocenters.